The van der Waals surface area contributed by atoms with E-state index in [1.54, 1.807) is 18.2 Å². The van der Waals surface area contributed by atoms with Crippen LogP contribution in [0.3, 0.4) is 0 Å². The Morgan fingerprint density at radius 1 is 1.37 bits per heavy atom. The Bertz CT molecular complexity index is 496. The maximum atomic E-state index is 11.1. The molecule has 2 N–H and O–H groups in total. The van der Waals surface area contributed by atoms with E-state index < -0.39 is 5.97 Å². The SMILES string of the molecule is CNC(=O)COc1cc(/C=C/C(=O)O)ccc1OC. The number of carboxylic acid groups (broad SMARTS) is 1. The van der Waals surface area contributed by atoms with Crippen LogP contribution in [0.5, 0.6) is 11.5 Å². The van der Waals surface area contributed by atoms with Gasteiger partial charge < -0.3 is 19.9 Å². The van der Waals surface area contributed by atoms with Crippen LogP contribution in [0.4, 0.5) is 0 Å². The number of likely N-dealkylation sites (N-methyl/N-ethyl adjacent to an activating group) is 1. The van der Waals surface area contributed by atoms with Gasteiger partial charge in [-0.3, -0.25) is 4.79 Å². The zero-order valence-electron chi connectivity index (χ0n) is 10.7. The Morgan fingerprint density at radius 3 is 2.68 bits per heavy atom. The van der Waals surface area contributed by atoms with Gasteiger partial charge in [0.1, 0.15) is 0 Å². The number of hydrogen-bond acceptors (Lipinski definition) is 4. The van der Waals surface area contributed by atoms with E-state index in [-0.39, 0.29) is 12.5 Å². The third-order valence-corrected chi connectivity index (χ3v) is 2.24. The van der Waals surface area contributed by atoms with Crippen molar-refractivity contribution in [1.82, 2.24) is 5.32 Å². The number of carbonyl (C=O) groups excluding carboxylic acids is 1. The summed E-state index contributed by atoms with van der Waals surface area (Å²) in [7, 11) is 2.99. The molecule has 0 saturated carbocycles. The van der Waals surface area contributed by atoms with Gasteiger partial charge in [-0.05, 0) is 23.8 Å². The lowest BCUT2D eigenvalue weighted by Gasteiger charge is -2.10. The molecule has 0 aliphatic heterocycles. The van der Waals surface area contributed by atoms with Crippen LogP contribution in [0.25, 0.3) is 6.08 Å². The van der Waals surface area contributed by atoms with Crippen LogP contribution in [0, 0.1) is 0 Å². The predicted molar refractivity (Wildman–Crippen MR) is 69.2 cm³/mol. The number of hydrogen-bond donors (Lipinski definition) is 2. The van der Waals surface area contributed by atoms with Gasteiger partial charge in [-0.2, -0.15) is 0 Å². The highest BCUT2D eigenvalue weighted by atomic mass is 16.5. The largest absolute Gasteiger partial charge is 0.493 e. The predicted octanol–water partition coefficient (Wildman–Crippen LogP) is 0.918. The number of nitrogens with one attached hydrogen (secondary N) is 1. The highest BCUT2D eigenvalue weighted by Gasteiger charge is 2.07. The van der Waals surface area contributed by atoms with Crippen molar-refractivity contribution in [3.05, 3.63) is 29.8 Å². The van der Waals surface area contributed by atoms with E-state index in [4.69, 9.17) is 14.6 Å². The number of ether oxygens (including phenoxy) is 2. The van der Waals surface area contributed by atoms with E-state index in [1.165, 1.54) is 20.2 Å². The van der Waals surface area contributed by atoms with Crippen LogP contribution in [-0.2, 0) is 9.59 Å². The summed E-state index contributed by atoms with van der Waals surface area (Å²) >= 11 is 0. The zero-order chi connectivity index (χ0) is 14.3. The first kappa shape index (κ1) is 14.6. The second-order valence-electron chi connectivity index (χ2n) is 3.54. The molecular weight excluding hydrogens is 250 g/mol. The third kappa shape index (κ3) is 4.71. The fourth-order valence-corrected chi connectivity index (χ4v) is 1.29. The number of aliphatic carboxylic acids is 1. The second kappa shape index (κ2) is 7.05. The van der Waals surface area contributed by atoms with Crippen LogP contribution in [-0.4, -0.2) is 37.7 Å². The molecule has 0 heterocycles. The maximum Gasteiger partial charge on any atom is 0.328 e. The summed E-state index contributed by atoms with van der Waals surface area (Å²) < 4.78 is 10.4. The summed E-state index contributed by atoms with van der Waals surface area (Å²) in [5, 5.41) is 11.0. The molecular formula is C13H15NO5. The molecule has 1 amide bonds. The number of amides is 1. The molecule has 0 aromatic heterocycles. The van der Waals surface area contributed by atoms with Gasteiger partial charge in [0.25, 0.3) is 5.91 Å². The van der Waals surface area contributed by atoms with Gasteiger partial charge in [0.05, 0.1) is 7.11 Å². The number of carboxylic acids is 1. The van der Waals surface area contributed by atoms with Crippen molar-refractivity contribution >= 4 is 18.0 Å². The standard InChI is InChI=1S/C13H15NO5/c1-14-12(15)8-19-11-7-9(4-6-13(16)17)3-5-10(11)18-2/h3-7H,8H2,1-2H3,(H,14,15)(H,16,17)/b6-4+. The number of methoxy groups -OCH3 is 1. The molecule has 0 fully saturated rings. The molecule has 0 unspecified atom stereocenters. The Labute approximate surface area is 110 Å². The van der Waals surface area contributed by atoms with Gasteiger partial charge in [-0.25, -0.2) is 4.79 Å². The van der Waals surface area contributed by atoms with Crippen LogP contribution in [0.1, 0.15) is 5.56 Å². The molecule has 6 heteroatoms. The number of rotatable bonds is 6. The van der Waals surface area contributed by atoms with Crippen molar-refractivity contribution in [1.29, 1.82) is 0 Å². The van der Waals surface area contributed by atoms with Crippen molar-refractivity contribution in [3.8, 4) is 11.5 Å². The Balaban J connectivity index is 2.89. The van der Waals surface area contributed by atoms with Crippen LogP contribution < -0.4 is 14.8 Å². The molecule has 1 aromatic carbocycles. The van der Waals surface area contributed by atoms with E-state index in [1.807, 2.05) is 0 Å². The summed E-state index contributed by atoms with van der Waals surface area (Å²) in [5.41, 5.74) is 0.634. The lowest BCUT2D eigenvalue weighted by atomic mass is 10.2. The monoisotopic (exact) mass is 265 g/mol. The number of carbonyl (C=O) groups is 2. The van der Waals surface area contributed by atoms with Gasteiger partial charge in [0.2, 0.25) is 0 Å². The van der Waals surface area contributed by atoms with Gasteiger partial charge in [-0.15, -0.1) is 0 Å². The number of benzene rings is 1. The zero-order valence-corrected chi connectivity index (χ0v) is 10.7. The van der Waals surface area contributed by atoms with Crippen LogP contribution >= 0.6 is 0 Å². The van der Waals surface area contributed by atoms with Gasteiger partial charge in [-0.1, -0.05) is 6.07 Å². The first-order valence-corrected chi connectivity index (χ1v) is 5.49. The molecule has 0 spiro atoms. The van der Waals surface area contributed by atoms with Crippen molar-refractivity contribution in [2.45, 2.75) is 0 Å². The summed E-state index contributed by atoms with van der Waals surface area (Å²) in [4.78, 5) is 21.6. The topological polar surface area (TPSA) is 84.9 Å². The smallest absolute Gasteiger partial charge is 0.328 e. The fraction of sp³-hybridized carbons (Fsp3) is 0.231. The van der Waals surface area contributed by atoms with E-state index in [2.05, 4.69) is 5.32 Å². The van der Waals surface area contributed by atoms with Crippen molar-refractivity contribution in [2.75, 3.05) is 20.8 Å². The Kier molecular flexibility index (Phi) is 5.40. The highest BCUT2D eigenvalue weighted by molar-refractivity contribution is 5.85. The van der Waals surface area contributed by atoms with E-state index in [0.29, 0.717) is 17.1 Å². The second-order valence-corrected chi connectivity index (χ2v) is 3.54. The molecule has 102 valence electrons. The minimum absolute atomic E-state index is 0.140. The van der Waals surface area contributed by atoms with Gasteiger partial charge in [0, 0.05) is 13.1 Å². The first-order chi connectivity index (χ1) is 9.06. The molecule has 19 heavy (non-hydrogen) atoms. The average molecular weight is 265 g/mol. The maximum absolute atomic E-state index is 11.1. The quantitative estimate of drug-likeness (QED) is 0.747. The molecule has 0 bridgehead atoms. The fourth-order valence-electron chi connectivity index (χ4n) is 1.29. The van der Waals surface area contributed by atoms with Gasteiger partial charge in [0.15, 0.2) is 18.1 Å². The molecule has 0 atom stereocenters. The van der Waals surface area contributed by atoms with Crippen molar-refractivity contribution in [3.63, 3.8) is 0 Å². The first-order valence-electron chi connectivity index (χ1n) is 5.49. The Hall–Kier alpha value is -2.50. The van der Waals surface area contributed by atoms with Crippen molar-refractivity contribution < 1.29 is 24.2 Å². The summed E-state index contributed by atoms with van der Waals surface area (Å²) in [6.07, 6.45) is 2.44. The Morgan fingerprint density at radius 2 is 2.11 bits per heavy atom. The lowest BCUT2D eigenvalue weighted by Crippen LogP contribution is -2.24. The summed E-state index contributed by atoms with van der Waals surface area (Å²) in [6.45, 7) is -0.140. The highest BCUT2D eigenvalue weighted by Crippen LogP contribution is 2.28. The molecule has 0 aliphatic carbocycles. The van der Waals surface area contributed by atoms with E-state index in [0.717, 1.165) is 6.08 Å². The minimum atomic E-state index is -1.04. The molecule has 0 saturated heterocycles. The van der Waals surface area contributed by atoms with E-state index >= 15 is 0 Å². The molecule has 1 rings (SSSR count). The molecule has 0 radical (unpaired) electrons. The minimum Gasteiger partial charge on any atom is -0.493 e. The van der Waals surface area contributed by atoms with E-state index in [9.17, 15) is 9.59 Å². The average Bonchev–Trinajstić information content (AvgIpc) is 2.42. The van der Waals surface area contributed by atoms with Crippen LogP contribution in [0.15, 0.2) is 24.3 Å². The summed E-state index contributed by atoms with van der Waals surface area (Å²) in [6, 6.07) is 4.92. The van der Waals surface area contributed by atoms with Crippen LogP contribution in [0.2, 0.25) is 0 Å². The third-order valence-electron chi connectivity index (χ3n) is 2.24. The molecule has 6 nitrogen and oxygen atoms in total. The van der Waals surface area contributed by atoms with Crippen molar-refractivity contribution in [2.24, 2.45) is 0 Å². The molecule has 0 aliphatic rings. The summed E-state index contributed by atoms with van der Waals surface area (Å²) in [5.74, 6) is -0.466. The lowest BCUT2D eigenvalue weighted by molar-refractivity contribution is -0.131. The normalized spacial score (nSPS) is 10.2. The van der Waals surface area contributed by atoms with Gasteiger partial charge >= 0.3 is 5.97 Å². The molecule has 1 aromatic rings.